The van der Waals surface area contributed by atoms with E-state index >= 15 is 0 Å². The van der Waals surface area contributed by atoms with Crippen molar-refractivity contribution in [3.05, 3.63) is 43.0 Å². The fourth-order valence-corrected chi connectivity index (χ4v) is 4.21. The fraction of sp³-hybridized carbons (Fsp3) is 0.500. The number of amides is 1. The molecule has 1 aliphatic heterocycles. The fourth-order valence-electron chi connectivity index (χ4n) is 4.21. The highest BCUT2D eigenvalue weighted by Gasteiger charge is 2.44. The van der Waals surface area contributed by atoms with Crippen molar-refractivity contribution in [3.8, 4) is 16.9 Å². The molecule has 1 aliphatic carbocycles. The first-order valence-electron chi connectivity index (χ1n) is 9.87. The Hall–Kier alpha value is -2.63. The number of rotatable bonds is 3. The molecular formula is C22H27N3O3. The number of nitrogens with zero attached hydrogens (tertiary/aromatic N) is 3. The van der Waals surface area contributed by atoms with E-state index in [1.54, 1.807) is 12.4 Å². The summed E-state index contributed by atoms with van der Waals surface area (Å²) in [5, 5.41) is 0. The van der Waals surface area contributed by atoms with E-state index < -0.39 is 5.60 Å². The van der Waals surface area contributed by atoms with Gasteiger partial charge < -0.3 is 14.4 Å². The van der Waals surface area contributed by atoms with Crippen LogP contribution in [0.15, 0.2) is 43.0 Å². The highest BCUT2D eigenvalue weighted by molar-refractivity contribution is 5.68. The van der Waals surface area contributed by atoms with E-state index in [2.05, 4.69) is 9.97 Å². The van der Waals surface area contributed by atoms with Crippen molar-refractivity contribution in [1.29, 1.82) is 0 Å². The summed E-state index contributed by atoms with van der Waals surface area (Å²) in [5.41, 5.74) is 1.58. The number of benzene rings is 1. The molecule has 0 radical (unpaired) electrons. The van der Waals surface area contributed by atoms with Gasteiger partial charge in [0.1, 0.15) is 17.7 Å². The third-order valence-electron chi connectivity index (χ3n) is 5.39. The Morgan fingerprint density at radius 2 is 1.75 bits per heavy atom. The van der Waals surface area contributed by atoms with Gasteiger partial charge in [-0.1, -0.05) is 12.1 Å². The zero-order valence-electron chi connectivity index (χ0n) is 16.7. The third-order valence-corrected chi connectivity index (χ3v) is 5.39. The predicted octanol–water partition coefficient (Wildman–Crippen LogP) is 4.17. The Morgan fingerprint density at radius 3 is 2.39 bits per heavy atom. The molecule has 2 heterocycles. The average molecular weight is 381 g/mol. The molecule has 6 heteroatoms. The monoisotopic (exact) mass is 381 g/mol. The molecule has 4 rings (SSSR count). The van der Waals surface area contributed by atoms with E-state index in [1.165, 1.54) is 6.33 Å². The van der Waals surface area contributed by atoms with E-state index in [1.807, 2.05) is 49.9 Å². The van der Waals surface area contributed by atoms with Crippen LogP contribution in [0.2, 0.25) is 0 Å². The minimum atomic E-state index is -0.449. The number of fused-ring (bicyclic) bond motifs is 1. The number of carbonyl (C=O) groups excluding carboxylic acids is 1. The Kier molecular flexibility index (Phi) is 4.96. The maximum Gasteiger partial charge on any atom is 0.410 e. The van der Waals surface area contributed by atoms with Crippen molar-refractivity contribution in [3.63, 3.8) is 0 Å². The van der Waals surface area contributed by atoms with Crippen LogP contribution >= 0.6 is 0 Å². The Labute approximate surface area is 165 Å². The number of hydrogen-bond acceptors (Lipinski definition) is 5. The van der Waals surface area contributed by atoms with E-state index in [-0.39, 0.29) is 12.2 Å². The highest BCUT2D eigenvalue weighted by Crippen LogP contribution is 2.40. The molecule has 2 aromatic rings. The van der Waals surface area contributed by atoms with Gasteiger partial charge in [0, 0.05) is 31.0 Å². The van der Waals surface area contributed by atoms with Crippen LogP contribution in [-0.2, 0) is 4.74 Å². The summed E-state index contributed by atoms with van der Waals surface area (Å²) in [6.45, 7) is 7.24. The molecule has 1 amide bonds. The van der Waals surface area contributed by atoms with Crippen LogP contribution in [0, 0.1) is 11.8 Å². The second-order valence-electron chi connectivity index (χ2n) is 8.77. The molecule has 3 atom stereocenters. The molecule has 0 N–H and O–H groups in total. The Balaban J connectivity index is 1.34. The largest absolute Gasteiger partial charge is 0.490 e. The molecule has 1 saturated carbocycles. The van der Waals surface area contributed by atoms with Gasteiger partial charge in [-0.15, -0.1) is 0 Å². The van der Waals surface area contributed by atoms with Crippen LogP contribution < -0.4 is 4.74 Å². The molecule has 6 nitrogen and oxygen atoms in total. The molecular weight excluding hydrogens is 354 g/mol. The summed E-state index contributed by atoms with van der Waals surface area (Å²) in [6.07, 6.45) is 7.08. The lowest BCUT2D eigenvalue weighted by atomic mass is 10.0. The van der Waals surface area contributed by atoms with Gasteiger partial charge >= 0.3 is 6.09 Å². The maximum atomic E-state index is 12.3. The normalized spacial score (nSPS) is 24.1. The molecule has 0 unspecified atom stereocenters. The first kappa shape index (κ1) is 18.7. The smallest absolute Gasteiger partial charge is 0.410 e. The van der Waals surface area contributed by atoms with Gasteiger partial charge in [0.25, 0.3) is 0 Å². The van der Waals surface area contributed by atoms with Crippen molar-refractivity contribution < 1.29 is 14.3 Å². The van der Waals surface area contributed by atoms with Crippen molar-refractivity contribution in [2.75, 3.05) is 13.1 Å². The van der Waals surface area contributed by atoms with Crippen LogP contribution in [0.5, 0.6) is 5.75 Å². The zero-order chi connectivity index (χ0) is 19.7. The van der Waals surface area contributed by atoms with Gasteiger partial charge in [0.15, 0.2) is 0 Å². The number of carbonyl (C=O) groups is 1. The van der Waals surface area contributed by atoms with E-state index in [4.69, 9.17) is 9.47 Å². The number of hydrogen-bond donors (Lipinski definition) is 0. The Bertz CT molecular complexity index is 820. The van der Waals surface area contributed by atoms with E-state index in [9.17, 15) is 4.79 Å². The van der Waals surface area contributed by atoms with Crippen LogP contribution in [0.3, 0.4) is 0 Å². The van der Waals surface area contributed by atoms with Gasteiger partial charge in [-0.2, -0.15) is 0 Å². The van der Waals surface area contributed by atoms with Crippen molar-refractivity contribution in [2.45, 2.75) is 45.3 Å². The molecule has 1 saturated heterocycles. The van der Waals surface area contributed by atoms with Crippen molar-refractivity contribution in [2.24, 2.45) is 11.8 Å². The topological polar surface area (TPSA) is 64.5 Å². The van der Waals surface area contributed by atoms with Gasteiger partial charge in [0.2, 0.25) is 0 Å². The van der Waals surface area contributed by atoms with Crippen molar-refractivity contribution in [1.82, 2.24) is 14.9 Å². The van der Waals surface area contributed by atoms with Gasteiger partial charge in [-0.05, 0) is 63.1 Å². The zero-order valence-corrected chi connectivity index (χ0v) is 16.7. The first-order valence-corrected chi connectivity index (χ1v) is 9.87. The molecule has 0 spiro atoms. The second-order valence-corrected chi connectivity index (χ2v) is 8.77. The quantitative estimate of drug-likeness (QED) is 0.798. The maximum absolute atomic E-state index is 12.3. The number of aromatic nitrogens is 2. The summed E-state index contributed by atoms with van der Waals surface area (Å²) in [7, 11) is 0. The van der Waals surface area contributed by atoms with Gasteiger partial charge in [-0.3, -0.25) is 0 Å². The van der Waals surface area contributed by atoms with Crippen LogP contribution in [0.1, 0.15) is 33.6 Å². The Morgan fingerprint density at radius 1 is 1.07 bits per heavy atom. The predicted molar refractivity (Wildman–Crippen MR) is 106 cm³/mol. The van der Waals surface area contributed by atoms with E-state index in [0.717, 1.165) is 42.8 Å². The van der Waals surface area contributed by atoms with Gasteiger partial charge in [0.05, 0.1) is 6.10 Å². The summed E-state index contributed by atoms with van der Waals surface area (Å²) >= 11 is 0. The first-order chi connectivity index (χ1) is 13.4. The molecule has 1 aromatic heterocycles. The lowest BCUT2D eigenvalue weighted by molar-refractivity contribution is 0.0272. The van der Waals surface area contributed by atoms with Crippen LogP contribution in [-0.4, -0.2) is 45.8 Å². The van der Waals surface area contributed by atoms with Crippen LogP contribution in [0.4, 0.5) is 4.79 Å². The molecule has 28 heavy (non-hydrogen) atoms. The van der Waals surface area contributed by atoms with Crippen LogP contribution in [0.25, 0.3) is 11.1 Å². The SMILES string of the molecule is CC(C)(C)OC(=O)N1C[C@H]2C[C@H](Oc3cccc(-c4cncnc4)c3)C[C@H]2C1. The standard InChI is InChI=1S/C22H27N3O3/c1-22(2,3)28-21(26)25-12-16-8-20(9-17(16)13-25)27-19-6-4-5-15(7-19)18-10-23-14-24-11-18/h4-7,10-11,14,16-17,20H,8-9,12-13H2,1-3H3/t16-,17+,20+. The summed E-state index contributed by atoms with van der Waals surface area (Å²) in [5.74, 6) is 1.85. The summed E-state index contributed by atoms with van der Waals surface area (Å²) in [6, 6.07) is 8.07. The molecule has 1 aromatic carbocycles. The molecule has 148 valence electrons. The molecule has 0 bridgehead atoms. The minimum absolute atomic E-state index is 0.193. The summed E-state index contributed by atoms with van der Waals surface area (Å²) < 4.78 is 11.8. The molecule has 2 aliphatic rings. The number of likely N-dealkylation sites (tertiary alicyclic amines) is 1. The number of ether oxygens (including phenoxy) is 2. The van der Waals surface area contributed by atoms with Crippen molar-refractivity contribution >= 4 is 6.09 Å². The van der Waals surface area contributed by atoms with Gasteiger partial charge in [-0.25, -0.2) is 14.8 Å². The molecule has 2 fully saturated rings. The average Bonchev–Trinajstić information content (AvgIpc) is 3.20. The lowest BCUT2D eigenvalue weighted by Gasteiger charge is -2.25. The lowest BCUT2D eigenvalue weighted by Crippen LogP contribution is -2.36. The second kappa shape index (κ2) is 7.41. The summed E-state index contributed by atoms with van der Waals surface area (Å²) in [4.78, 5) is 22.3. The van der Waals surface area contributed by atoms with E-state index in [0.29, 0.717) is 11.8 Å². The highest BCUT2D eigenvalue weighted by atomic mass is 16.6. The minimum Gasteiger partial charge on any atom is -0.490 e. The third kappa shape index (κ3) is 4.26.